The average Bonchev–Trinajstić information content (AvgIpc) is 3.06. The van der Waals surface area contributed by atoms with Gasteiger partial charge in [0.1, 0.15) is 0 Å². The molecule has 8 nitrogen and oxygen atoms in total. The van der Waals surface area contributed by atoms with E-state index in [1.165, 1.54) is 6.07 Å². The Balaban J connectivity index is 1.83. The van der Waals surface area contributed by atoms with Crippen LogP contribution < -0.4 is 21.5 Å². The van der Waals surface area contributed by atoms with E-state index in [-0.39, 0.29) is 22.7 Å². The fraction of sp³-hybridized carbons (Fsp3) is 0.176. The van der Waals surface area contributed by atoms with E-state index in [2.05, 4.69) is 37.4 Å². The van der Waals surface area contributed by atoms with Gasteiger partial charge in [0.25, 0.3) is 11.8 Å². The number of benzene rings is 1. The lowest BCUT2D eigenvalue weighted by Gasteiger charge is -2.11. The molecule has 3 amide bonds. The van der Waals surface area contributed by atoms with Crippen molar-refractivity contribution in [3.05, 3.63) is 52.4 Å². The van der Waals surface area contributed by atoms with Gasteiger partial charge >= 0.3 is 0 Å². The first-order valence-corrected chi connectivity index (χ1v) is 9.04. The fourth-order valence-corrected chi connectivity index (χ4v) is 2.26. The van der Waals surface area contributed by atoms with Crippen LogP contribution >= 0.6 is 28.1 Å². The first-order chi connectivity index (χ1) is 12.8. The molecule has 0 spiro atoms. The summed E-state index contributed by atoms with van der Waals surface area (Å²) in [7, 11) is 0. The molecule has 142 valence electrons. The summed E-state index contributed by atoms with van der Waals surface area (Å²) in [5, 5.41) is 5.00. The zero-order valence-electron chi connectivity index (χ0n) is 14.5. The number of anilines is 1. The number of halogens is 1. The fourth-order valence-electron chi connectivity index (χ4n) is 1.81. The third kappa shape index (κ3) is 6.19. The Hall–Kier alpha value is -2.72. The molecule has 0 aliphatic carbocycles. The lowest BCUT2D eigenvalue weighted by atomic mass is 10.1. The van der Waals surface area contributed by atoms with E-state index in [0.717, 1.165) is 0 Å². The molecular weight excluding hydrogens is 436 g/mol. The Bertz CT molecular complexity index is 864. The summed E-state index contributed by atoms with van der Waals surface area (Å²) in [6, 6.07) is 9.37. The van der Waals surface area contributed by atoms with E-state index in [1.54, 1.807) is 44.2 Å². The molecule has 0 radical (unpaired) electrons. The largest absolute Gasteiger partial charge is 0.444 e. The van der Waals surface area contributed by atoms with E-state index < -0.39 is 11.8 Å². The zero-order chi connectivity index (χ0) is 20.0. The predicted molar refractivity (Wildman–Crippen MR) is 107 cm³/mol. The Kier molecular flexibility index (Phi) is 7.08. The molecule has 1 heterocycles. The highest BCUT2D eigenvalue weighted by Gasteiger charge is 2.13. The number of nitrogens with one attached hydrogen (secondary N) is 4. The van der Waals surface area contributed by atoms with E-state index >= 15 is 0 Å². The van der Waals surface area contributed by atoms with Gasteiger partial charge in [0.15, 0.2) is 15.5 Å². The van der Waals surface area contributed by atoms with Crippen LogP contribution in [0.2, 0.25) is 0 Å². The Morgan fingerprint density at radius 2 is 1.67 bits per heavy atom. The minimum atomic E-state index is -0.558. The van der Waals surface area contributed by atoms with Crippen LogP contribution in [0.3, 0.4) is 0 Å². The van der Waals surface area contributed by atoms with Crippen molar-refractivity contribution in [3.63, 3.8) is 0 Å². The van der Waals surface area contributed by atoms with Crippen LogP contribution in [-0.2, 0) is 4.79 Å². The molecule has 0 saturated heterocycles. The van der Waals surface area contributed by atoms with Crippen molar-refractivity contribution in [2.75, 3.05) is 5.32 Å². The number of furan rings is 1. The number of amides is 3. The zero-order valence-corrected chi connectivity index (χ0v) is 16.9. The van der Waals surface area contributed by atoms with E-state index in [0.29, 0.717) is 15.9 Å². The number of hydrogen-bond acceptors (Lipinski definition) is 5. The first-order valence-electron chi connectivity index (χ1n) is 7.84. The molecule has 0 unspecified atom stereocenters. The van der Waals surface area contributed by atoms with E-state index in [1.807, 2.05) is 0 Å². The Morgan fingerprint density at radius 1 is 1.00 bits per heavy atom. The second-order valence-electron chi connectivity index (χ2n) is 5.69. The maximum Gasteiger partial charge on any atom is 0.293 e. The average molecular weight is 453 g/mol. The molecular formula is C17H17BrN4O4S. The molecule has 2 rings (SSSR count). The predicted octanol–water partition coefficient (Wildman–Crippen LogP) is 2.59. The van der Waals surface area contributed by atoms with Gasteiger partial charge in [-0.3, -0.25) is 30.6 Å². The molecule has 10 heteroatoms. The van der Waals surface area contributed by atoms with Gasteiger partial charge in [-0.05, 0) is 64.5 Å². The monoisotopic (exact) mass is 452 g/mol. The molecule has 27 heavy (non-hydrogen) atoms. The van der Waals surface area contributed by atoms with Crippen LogP contribution in [0.1, 0.15) is 34.8 Å². The number of hydrogen-bond donors (Lipinski definition) is 4. The molecule has 0 aliphatic heterocycles. The van der Waals surface area contributed by atoms with Gasteiger partial charge in [0.2, 0.25) is 5.91 Å². The summed E-state index contributed by atoms with van der Waals surface area (Å²) in [5.74, 6) is -1.21. The molecule has 0 saturated carbocycles. The summed E-state index contributed by atoms with van der Waals surface area (Å²) in [6.45, 7) is 3.57. The molecule has 4 N–H and O–H groups in total. The normalized spacial score (nSPS) is 10.2. The number of hydrazine groups is 1. The highest BCUT2D eigenvalue weighted by molar-refractivity contribution is 9.10. The van der Waals surface area contributed by atoms with Crippen molar-refractivity contribution >= 4 is 56.7 Å². The van der Waals surface area contributed by atoms with Crippen molar-refractivity contribution in [2.24, 2.45) is 5.92 Å². The summed E-state index contributed by atoms with van der Waals surface area (Å²) >= 11 is 8.03. The second-order valence-corrected chi connectivity index (χ2v) is 6.88. The minimum Gasteiger partial charge on any atom is -0.444 e. The molecule has 1 aromatic carbocycles. The van der Waals surface area contributed by atoms with Crippen LogP contribution in [-0.4, -0.2) is 22.8 Å². The standard InChI is InChI=1S/C17H17BrN4O4S/c1-9(2)14(23)19-11-5-3-10(4-6-11)15(24)21-22-17(27)20-16(25)12-7-8-13(18)26-12/h3-9H,1-2H3,(H,19,23)(H,21,24)(H2,20,22,25,27). The van der Waals surface area contributed by atoms with Crippen molar-refractivity contribution in [3.8, 4) is 0 Å². The highest BCUT2D eigenvalue weighted by Crippen LogP contribution is 2.13. The van der Waals surface area contributed by atoms with E-state index in [9.17, 15) is 14.4 Å². The summed E-state index contributed by atoms with van der Waals surface area (Å²) in [6.07, 6.45) is 0. The SMILES string of the molecule is CC(C)C(=O)Nc1ccc(C(=O)NNC(=S)NC(=O)c2ccc(Br)o2)cc1. The van der Waals surface area contributed by atoms with Crippen LogP contribution in [0.4, 0.5) is 5.69 Å². The number of rotatable bonds is 4. The number of thiocarbonyl (C=S) groups is 1. The highest BCUT2D eigenvalue weighted by atomic mass is 79.9. The molecule has 0 atom stereocenters. The molecule has 2 aromatic rings. The van der Waals surface area contributed by atoms with Crippen LogP contribution in [0.5, 0.6) is 0 Å². The number of carbonyl (C=O) groups is 3. The quantitative estimate of drug-likeness (QED) is 0.418. The molecule has 0 fully saturated rings. The van der Waals surface area contributed by atoms with Gasteiger partial charge in [0.05, 0.1) is 0 Å². The van der Waals surface area contributed by atoms with Gasteiger partial charge in [-0.2, -0.15) is 0 Å². The van der Waals surface area contributed by atoms with Crippen molar-refractivity contribution in [2.45, 2.75) is 13.8 Å². The maximum absolute atomic E-state index is 12.1. The van der Waals surface area contributed by atoms with Crippen LogP contribution in [0, 0.1) is 5.92 Å². The topological polar surface area (TPSA) is 112 Å². The first kappa shape index (κ1) is 20.6. The molecule has 0 aliphatic rings. The lowest BCUT2D eigenvalue weighted by molar-refractivity contribution is -0.118. The summed E-state index contributed by atoms with van der Waals surface area (Å²) in [5.41, 5.74) is 5.72. The van der Waals surface area contributed by atoms with Crippen LogP contribution in [0.25, 0.3) is 0 Å². The van der Waals surface area contributed by atoms with E-state index in [4.69, 9.17) is 16.6 Å². The van der Waals surface area contributed by atoms with Gasteiger partial charge in [0, 0.05) is 17.2 Å². The van der Waals surface area contributed by atoms with Gasteiger partial charge in [-0.25, -0.2) is 0 Å². The van der Waals surface area contributed by atoms with Gasteiger partial charge < -0.3 is 9.73 Å². The van der Waals surface area contributed by atoms with Gasteiger partial charge in [-0.1, -0.05) is 13.8 Å². The Morgan fingerprint density at radius 3 is 2.22 bits per heavy atom. The van der Waals surface area contributed by atoms with Crippen LogP contribution in [0.15, 0.2) is 45.5 Å². The maximum atomic E-state index is 12.1. The third-order valence-corrected chi connectivity index (χ3v) is 3.88. The summed E-state index contributed by atoms with van der Waals surface area (Å²) in [4.78, 5) is 35.6. The smallest absolute Gasteiger partial charge is 0.293 e. The van der Waals surface area contributed by atoms with Crippen molar-refractivity contribution in [1.29, 1.82) is 0 Å². The molecule has 0 bridgehead atoms. The van der Waals surface area contributed by atoms with Crippen molar-refractivity contribution in [1.82, 2.24) is 16.2 Å². The summed E-state index contributed by atoms with van der Waals surface area (Å²) < 4.78 is 5.50. The van der Waals surface area contributed by atoms with Crippen molar-refractivity contribution < 1.29 is 18.8 Å². The lowest BCUT2D eigenvalue weighted by Crippen LogP contribution is -2.48. The van der Waals surface area contributed by atoms with Gasteiger partial charge in [-0.15, -0.1) is 0 Å². The third-order valence-electron chi connectivity index (χ3n) is 3.25. The Labute approximate surface area is 169 Å². The number of carbonyl (C=O) groups excluding carboxylic acids is 3. The second kappa shape index (κ2) is 9.28. The minimum absolute atomic E-state index is 0.0661. The molecule has 1 aromatic heterocycles.